The van der Waals surface area contributed by atoms with Crippen LogP contribution in [0, 0.1) is 15.7 Å². The lowest BCUT2D eigenvalue weighted by Gasteiger charge is -2.24. The van der Waals surface area contributed by atoms with Crippen LogP contribution in [0.1, 0.15) is 68.7 Å². The number of hydrogen-bond acceptors (Lipinski definition) is 4. The normalized spacial score (nSPS) is 14.4. The Morgan fingerprint density at radius 2 is 1.19 bits per heavy atom. The largest absolute Gasteiger partial charge is 0.274 e. The topological polar surface area (TPSA) is 118 Å². The molecule has 0 aromatic heterocycles. The van der Waals surface area contributed by atoms with Gasteiger partial charge in [0.15, 0.2) is 0 Å². The van der Waals surface area contributed by atoms with Crippen LogP contribution in [0.25, 0.3) is 0 Å². The summed E-state index contributed by atoms with van der Waals surface area (Å²) in [5.74, 6) is 1.24. The van der Waals surface area contributed by atoms with Gasteiger partial charge >= 0.3 is 0 Å². The summed E-state index contributed by atoms with van der Waals surface area (Å²) in [7, 11) is -4.94. The van der Waals surface area contributed by atoms with Gasteiger partial charge in [-0.25, -0.2) is 18.6 Å². The summed E-state index contributed by atoms with van der Waals surface area (Å²) < 4.78 is 34.0. The molecule has 21 heavy (non-hydrogen) atoms. The molecule has 0 aromatic carbocycles. The molecule has 0 aliphatic rings. The highest BCUT2D eigenvalue weighted by molar-refractivity contribution is 5.77. The summed E-state index contributed by atoms with van der Waals surface area (Å²) in [6.45, 7) is 20.0. The molecule has 0 aliphatic heterocycles. The SMILES string of the molecule is CC(C)(C)CC(NC(C)(C)C)=[NH+]C(C)(C)C.[O-][Cl+3]([O-])([O-])[O-]. The first-order valence-corrected chi connectivity index (χ1v) is 8.06. The highest BCUT2D eigenvalue weighted by atomic mass is 35.7. The average molecular weight is 327 g/mol. The minimum Gasteiger partial charge on any atom is -0.274 e. The van der Waals surface area contributed by atoms with Crippen molar-refractivity contribution in [2.75, 3.05) is 0 Å². The number of rotatable bonds is 1. The quantitative estimate of drug-likeness (QED) is 0.402. The van der Waals surface area contributed by atoms with Crippen LogP contribution in [0.4, 0.5) is 0 Å². The van der Waals surface area contributed by atoms with Crippen LogP contribution >= 0.6 is 0 Å². The van der Waals surface area contributed by atoms with E-state index in [9.17, 15) is 0 Å². The molecule has 2 N–H and O–H groups in total. The van der Waals surface area contributed by atoms with Gasteiger partial charge in [-0.15, -0.1) is 10.2 Å². The molecule has 128 valence electrons. The van der Waals surface area contributed by atoms with Crippen molar-refractivity contribution in [1.82, 2.24) is 5.32 Å². The smallest absolute Gasteiger partial charge is 0.243 e. The van der Waals surface area contributed by atoms with Gasteiger partial charge in [-0.1, -0.05) is 20.8 Å². The summed E-state index contributed by atoms with van der Waals surface area (Å²) in [6, 6.07) is 0. The number of amidine groups is 1. The van der Waals surface area contributed by atoms with Crippen molar-refractivity contribution in [2.45, 2.75) is 79.8 Å². The Balaban J connectivity index is 0. The summed E-state index contributed by atoms with van der Waals surface area (Å²) in [6.07, 6.45) is 1.04. The van der Waals surface area contributed by atoms with Gasteiger partial charge in [-0.2, -0.15) is 0 Å². The van der Waals surface area contributed by atoms with Crippen molar-refractivity contribution in [2.24, 2.45) is 5.41 Å². The van der Waals surface area contributed by atoms with E-state index in [1.807, 2.05) is 0 Å². The van der Waals surface area contributed by atoms with Gasteiger partial charge in [-0.3, -0.25) is 10.3 Å². The van der Waals surface area contributed by atoms with E-state index in [1.54, 1.807) is 0 Å². The number of hydrogen-bond donors (Lipinski definition) is 2. The predicted molar refractivity (Wildman–Crippen MR) is 72.7 cm³/mol. The van der Waals surface area contributed by atoms with Gasteiger partial charge < -0.3 is 0 Å². The van der Waals surface area contributed by atoms with Crippen LogP contribution in [-0.4, -0.2) is 16.9 Å². The minimum atomic E-state index is -4.94. The lowest BCUT2D eigenvalue weighted by atomic mass is 9.90. The lowest BCUT2D eigenvalue weighted by molar-refractivity contribution is -2.00. The number of nitrogens with one attached hydrogen (secondary N) is 2. The molecular weight excluding hydrogens is 296 g/mol. The van der Waals surface area contributed by atoms with E-state index in [-0.39, 0.29) is 11.1 Å². The molecule has 0 aliphatic carbocycles. The molecule has 0 rings (SSSR count). The Bertz CT molecular complexity index is 307. The molecule has 6 nitrogen and oxygen atoms in total. The van der Waals surface area contributed by atoms with Crippen molar-refractivity contribution in [3.05, 3.63) is 0 Å². The van der Waals surface area contributed by atoms with Crippen molar-refractivity contribution in [1.29, 1.82) is 0 Å². The molecule has 0 spiro atoms. The Morgan fingerprint density at radius 3 is 1.38 bits per heavy atom. The third kappa shape index (κ3) is 28.5. The molecule has 0 fully saturated rings. The number of halogens is 1. The van der Waals surface area contributed by atoms with Gasteiger partial charge in [0.2, 0.25) is 5.84 Å². The fraction of sp³-hybridized carbons (Fsp3) is 0.929. The summed E-state index contributed by atoms with van der Waals surface area (Å²) in [5.41, 5.74) is 0.517. The maximum absolute atomic E-state index is 8.49. The molecule has 0 aromatic rings. The minimum absolute atomic E-state index is 0.110. The fourth-order valence-corrected chi connectivity index (χ4v) is 1.56. The molecule has 0 amide bonds. The van der Waals surface area contributed by atoms with E-state index in [4.69, 9.17) is 18.6 Å². The second-order valence-electron chi connectivity index (χ2n) is 8.34. The van der Waals surface area contributed by atoms with Gasteiger partial charge in [0.05, 0.1) is 17.5 Å². The second kappa shape index (κ2) is 7.74. The Morgan fingerprint density at radius 1 is 0.857 bits per heavy atom. The third-order valence-corrected chi connectivity index (χ3v) is 1.76. The maximum Gasteiger partial charge on any atom is 0.243 e. The van der Waals surface area contributed by atoms with Crippen molar-refractivity contribution in [3.8, 4) is 0 Å². The maximum atomic E-state index is 8.49. The Kier molecular flexibility index (Phi) is 8.43. The first kappa shape index (κ1) is 22.9. The van der Waals surface area contributed by atoms with E-state index >= 15 is 0 Å². The zero-order valence-electron chi connectivity index (χ0n) is 14.7. The van der Waals surface area contributed by atoms with Crippen molar-refractivity contribution < 1.29 is 33.9 Å². The van der Waals surface area contributed by atoms with Crippen molar-refractivity contribution in [3.63, 3.8) is 0 Å². The molecule has 0 unspecified atom stereocenters. The van der Waals surface area contributed by atoms with Gasteiger partial charge in [0, 0.05) is 0 Å². The lowest BCUT2D eigenvalue weighted by Crippen LogP contribution is -2.87. The molecule has 0 saturated heterocycles. The molecule has 0 bridgehead atoms. The highest BCUT2D eigenvalue weighted by Crippen LogP contribution is 2.18. The van der Waals surface area contributed by atoms with Crippen LogP contribution in [0.2, 0.25) is 0 Å². The molecule has 0 heterocycles. The van der Waals surface area contributed by atoms with Gasteiger partial charge in [-0.05, 0) is 47.0 Å². The fourth-order valence-electron chi connectivity index (χ4n) is 1.56. The first-order valence-electron chi connectivity index (χ1n) is 6.82. The van der Waals surface area contributed by atoms with Crippen LogP contribution in [0.3, 0.4) is 0 Å². The standard InChI is InChI=1S/C14H30N2.ClHO4/c1-12(2,3)10-11(15-13(4,5)6)16-14(7,8)9;2-1(3,4)5/h10H2,1-9H3,(H,15,16);(H,2,3,4,5). The molecule has 0 atom stereocenters. The van der Waals surface area contributed by atoms with E-state index < -0.39 is 10.2 Å². The monoisotopic (exact) mass is 326 g/mol. The Hall–Kier alpha value is -0.400. The van der Waals surface area contributed by atoms with Crippen LogP contribution in [-0.2, 0) is 0 Å². The van der Waals surface area contributed by atoms with E-state index in [1.165, 1.54) is 5.84 Å². The van der Waals surface area contributed by atoms with E-state index in [0.29, 0.717) is 5.41 Å². The Labute approximate surface area is 131 Å². The zero-order chi connectivity index (χ0) is 17.7. The summed E-state index contributed by atoms with van der Waals surface area (Å²) in [4.78, 5) is 3.57. The molecule has 0 saturated carbocycles. The second-order valence-corrected chi connectivity index (χ2v) is 9.10. The highest BCUT2D eigenvalue weighted by Gasteiger charge is 2.26. The van der Waals surface area contributed by atoms with Crippen molar-refractivity contribution >= 4 is 5.84 Å². The van der Waals surface area contributed by atoms with Crippen LogP contribution in [0.5, 0.6) is 0 Å². The summed E-state index contributed by atoms with van der Waals surface area (Å²) >= 11 is 0. The van der Waals surface area contributed by atoms with E-state index in [0.717, 1.165) is 6.42 Å². The molecular formula is C14H31ClN2O4. The van der Waals surface area contributed by atoms with Crippen LogP contribution < -0.4 is 28.9 Å². The van der Waals surface area contributed by atoms with Gasteiger partial charge in [0.1, 0.15) is 0 Å². The average Bonchev–Trinajstić information content (AvgIpc) is 1.86. The van der Waals surface area contributed by atoms with E-state index in [2.05, 4.69) is 72.6 Å². The zero-order valence-corrected chi connectivity index (χ0v) is 15.5. The van der Waals surface area contributed by atoms with Gasteiger partial charge in [0.25, 0.3) is 0 Å². The summed E-state index contributed by atoms with van der Waals surface area (Å²) in [5, 5.41) is 3.57. The van der Waals surface area contributed by atoms with Crippen LogP contribution in [0.15, 0.2) is 0 Å². The first-order chi connectivity index (χ1) is 8.79. The predicted octanol–water partition coefficient (Wildman–Crippen LogP) is -2.67. The third-order valence-electron chi connectivity index (χ3n) is 1.76. The molecule has 7 heteroatoms. The molecule has 0 radical (unpaired) electrons.